The second kappa shape index (κ2) is 8.82. The van der Waals surface area contributed by atoms with Crippen LogP contribution in [0.1, 0.15) is 36.5 Å². The van der Waals surface area contributed by atoms with E-state index in [1.54, 1.807) is 0 Å². The van der Waals surface area contributed by atoms with Gasteiger partial charge in [-0.25, -0.2) is 0 Å². The predicted molar refractivity (Wildman–Crippen MR) is 86.8 cm³/mol. The molecular formula is C17H24F2N2O3. The molecule has 0 aromatic heterocycles. The molecule has 1 aliphatic heterocycles. The number of methoxy groups -OCH3 is 1. The maximum Gasteiger partial charge on any atom is 0.387 e. The van der Waals surface area contributed by atoms with Gasteiger partial charge in [0.25, 0.3) is 5.91 Å². The van der Waals surface area contributed by atoms with E-state index in [1.165, 1.54) is 25.3 Å². The lowest BCUT2D eigenvalue weighted by atomic mass is 10.0. The van der Waals surface area contributed by atoms with Gasteiger partial charge < -0.3 is 19.7 Å². The Balaban J connectivity index is 2.21. The highest BCUT2D eigenvalue weighted by atomic mass is 19.3. The minimum atomic E-state index is -2.94. The number of hydrogen-bond acceptors (Lipinski definition) is 4. The number of piperidine rings is 1. The molecule has 1 N–H and O–H groups in total. The van der Waals surface area contributed by atoms with Crippen LogP contribution in [0.15, 0.2) is 18.2 Å². The zero-order valence-corrected chi connectivity index (χ0v) is 14.1. The molecule has 1 aromatic carbocycles. The van der Waals surface area contributed by atoms with Crippen molar-refractivity contribution in [2.24, 2.45) is 0 Å². The van der Waals surface area contributed by atoms with E-state index >= 15 is 0 Å². The number of nitrogens with zero attached hydrogens (tertiary/aromatic N) is 1. The smallest absolute Gasteiger partial charge is 0.387 e. The van der Waals surface area contributed by atoms with E-state index in [-0.39, 0.29) is 23.4 Å². The van der Waals surface area contributed by atoms with E-state index in [0.29, 0.717) is 12.1 Å². The largest absolute Gasteiger partial charge is 0.493 e. The summed E-state index contributed by atoms with van der Waals surface area (Å²) in [6.07, 6.45) is 2.68. The number of halogens is 2. The van der Waals surface area contributed by atoms with Gasteiger partial charge in [-0.05, 0) is 50.6 Å². The number of ether oxygens (including phenoxy) is 2. The van der Waals surface area contributed by atoms with E-state index < -0.39 is 6.61 Å². The van der Waals surface area contributed by atoms with Gasteiger partial charge in [-0.2, -0.15) is 8.78 Å². The minimum Gasteiger partial charge on any atom is -0.493 e. The first-order valence-corrected chi connectivity index (χ1v) is 8.21. The first-order chi connectivity index (χ1) is 11.6. The van der Waals surface area contributed by atoms with Crippen molar-refractivity contribution in [2.45, 2.75) is 38.8 Å². The van der Waals surface area contributed by atoms with Gasteiger partial charge >= 0.3 is 6.61 Å². The van der Waals surface area contributed by atoms with Crippen molar-refractivity contribution in [3.8, 4) is 11.5 Å². The van der Waals surface area contributed by atoms with E-state index in [0.717, 1.165) is 32.4 Å². The molecule has 7 heteroatoms. The van der Waals surface area contributed by atoms with Crippen LogP contribution < -0.4 is 14.8 Å². The van der Waals surface area contributed by atoms with Crippen molar-refractivity contribution < 1.29 is 23.0 Å². The van der Waals surface area contributed by atoms with Crippen LogP contribution >= 0.6 is 0 Å². The number of carbonyl (C=O) groups is 1. The summed E-state index contributed by atoms with van der Waals surface area (Å²) < 4.78 is 34.3. The van der Waals surface area contributed by atoms with Crippen molar-refractivity contribution >= 4 is 5.91 Å². The highest BCUT2D eigenvalue weighted by molar-refractivity contribution is 5.95. The fraction of sp³-hybridized carbons (Fsp3) is 0.588. The number of benzene rings is 1. The van der Waals surface area contributed by atoms with E-state index in [2.05, 4.69) is 10.1 Å². The molecule has 0 atom stereocenters. The minimum absolute atomic E-state index is 0.0760. The Hall–Kier alpha value is -1.89. The van der Waals surface area contributed by atoms with Crippen molar-refractivity contribution in [3.05, 3.63) is 23.8 Å². The monoisotopic (exact) mass is 342 g/mol. The summed E-state index contributed by atoms with van der Waals surface area (Å²) in [5.74, 6) is -0.0542. The molecule has 0 saturated carbocycles. The number of alkyl halides is 2. The fourth-order valence-corrected chi connectivity index (χ4v) is 2.97. The average molecular weight is 342 g/mol. The van der Waals surface area contributed by atoms with Crippen molar-refractivity contribution in [2.75, 3.05) is 26.7 Å². The first-order valence-electron chi connectivity index (χ1n) is 8.21. The van der Waals surface area contributed by atoms with Gasteiger partial charge in [0.1, 0.15) is 0 Å². The Morgan fingerprint density at radius 3 is 2.62 bits per heavy atom. The molecule has 0 unspecified atom stereocenters. The molecule has 0 aliphatic carbocycles. The Morgan fingerprint density at radius 1 is 1.33 bits per heavy atom. The summed E-state index contributed by atoms with van der Waals surface area (Å²) in [6.45, 7) is 1.54. The number of rotatable bonds is 7. The SMILES string of the molecule is CCCN(C(=O)c1ccc(OC(F)F)c(OC)c1)C1CCNCC1. The number of amides is 1. The normalized spacial score (nSPS) is 15.4. The third-order valence-electron chi connectivity index (χ3n) is 4.10. The van der Waals surface area contributed by atoms with Crippen LogP contribution in [0.4, 0.5) is 8.78 Å². The molecule has 0 radical (unpaired) electrons. The van der Waals surface area contributed by atoms with Crippen molar-refractivity contribution in [1.82, 2.24) is 10.2 Å². The lowest BCUT2D eigenvalue weighted by Gasteiger charge is -2.34. The summed E-state index contributed by atoms with van der Waals surface area (Å²) in [6, 6.07) is 4.52. The summed E-state index contributed by atoms with van der Waals surface area (Å²) in [5.41, 5.74) is 0.417. The second-order valence-corrected chi connectivity index (χ2v) is 5.72. The lowest BCUT2D eigenvalue weighted by molar-refractivity contribution is -0.0512. The Labute approximate surface area is 140 Å². The molecule has 0 spiro atoms. The summed E-state index contributed by atoms with van der Waals surface area (Å²) in [7, 11) is 1.36. The highest BCUT2D eigenvalue weighted by Gasteiger charge is 2.26. The molecule has 1 fully saturated rings. The quantitative estimate of drug-likeness (QED) is 0.828. The zero-order chi connectivity index (χ0) is 17.5. The van der Waals surface area contributed by atoms with Gasteiger partial charge in [0, 0.05) is 18.2 Å². The highest BCUT2D eigenvalue weighted by Crippen LogP contribution is 2.30. The fourth-order valence-electron chi connectivity index (χ4n) is 2.97. The molecule has 0 bridgehead atoms. The van der Waals surface area contributed by atoms with Crippen LogP contribution in [-0.4, -0.2) is 50.2 Å². The average Bonchev–Trinajstić information content (AvgIpc) is 2.59. The second-order valence-electron chi connectivity index (χ2n) is 5.72. The third-order valence-corrected chi connectivity index (χ3v) is 4.10. The molecule has 24 heavy (non-hydrogen) atoms. The standard InChI is InChI=1S/C17H24F2N2O3/c1-3-10-21(13-6-8-20-9-7-13)16(22)12-4-5-14(24-17(18)19)15(11-12)23-2/h4-5,11,13,17,20H,3,6-10H2,1-2H3. The molecule has 1 heterocycles. The van der Waals surface area contributed by atoms with Crippen molar-refractivity contribution in [1.29, 1.82) is 0 Å². The number of hydrogen-bond donors (Lipinski definition) is 1. The third kappa shape index (κ3) is 4.56. The first kappa shape index (κ1) is 18.4. The molecule has 5 nitrogen and oxygen atoms in total. The molecule has 1 aliphatic rings. The molecule has 1 amide bonds. The number of nitrogens with one attached hydrogen (secondary N) is 1. The lowest BCUT2D eigenvalue weighted by Crippen LogP contribution is -2.46. The summed E-state index contributed by atoms with van der Waals surface area (Å²) >= 11 is 0. The van der Waals surface area contributed by atoms with E-state index in [9.17, 15) is 13.6 Å². The Bertz CT molecular complexity index is 549. The van der Waals surface area contributed by atoms with Crippen LogP contribution in [0.2, 0.25) is 0 Å². The molecular weight excluding hydrogens is 318 g/mol. The van der Waals surface area contributed by atoms with Crippen molar-refractivity contribution in [3.63, 3.8) is 0 Å². The van der Waals surface area contributed by atoms with Crippen LogP contribution in [0.3, 0.4) is 0 Å². The molecule has 134 valence electrons. The maximum atomic E-state index is 12.9. The van der Waals surface area contributed by atoms with Gasteiger partial charge in [0.15, 0.2) is 11.5 Å². The van der Waals surface area contributed by atoms with E-state index in [4.69, 9.17) is 4.74 Å². The van der Waals surface area contributed by atoms with Crippen LogP contribution in [-0.2, 0) is 0 Å². The van der Waals surface area contributed by atoms with Gasteiger partial charge in [-0.3, -0.25) is 4.79 Å². The molecule has 1 aromatic rings. The Morgan fingerprint density at radius 2 is 2.04 bits per heavy atom. The van der Waals surface area contributed by atoms with Crippen LogP contribution in [0.25, 0.3) is 0 Å². The molecule has 2 rings (SSSR count). The predicted octanol–water partition coefficient (Wildman–Crippen LogP) is 2.90. The maximum absolute atomic E-state index is 12.9. The summed E-state index contributed by atoms with van der Waals surface area (Å²) in [5, 5.41) is 3.29. The van der Waals surface area contributed by atoms with Gasteiger partial charge in [0.05, 0.1) is 7.11 Å². The molecule has 1 saturated heterocycles. The topological polar surface area (TPSA) is 50.8 Å². The summed E-state index contributed by atoms with van der Waals surface area (Å²) in [4.78, 5) is 14.8. The number of carbonyl (C=O) groups excluding carboxylic acids is 1. The van der Waals surface area contributed by atoms with Crippen LogP contribution in [0.5, 0.6) is 11.5 Å². The van der Waals surface area contributed by atoms with Gasteiger partial charge in [-0.1, -0.05) is 6.92 Å². The van der Waals surface area contributed by atoms with Gasteiger partial charge in [0.2, 0.25) is 0 Å². The Kier molecular flexibility index (Phi) is 6.78. The van der Waals surface area contributed by atoms with E-state index in [1.807, 2.05) is 11.8 Å². The van der Waals surface area contributed by atoms with Crippen LogP contribution in [0, 0.1) is 0 Å². The van der Waals surface area contributed by atoms with Gasteiger partial charge in [-0.15, -0.1) is 0 Å². The zero-order valence-electron chi connectivity index (χ0n) is 14.1.